The number of esters is 1. The molecule has 0 aliphatic carbocycles. The van der Waals surface area contributed by atoms with Gasteiger partial charge in [-0.15, -0.1) is 13.2 Å². The Morgan fingerprint density at radius 2 is 1.72 bits per heavy atom. The fourth-order valence-electron chi connectivity index (χ4n) is 8.37. The summed E-state index contributed by atoms with van der Waals surface area (Å²) in [4.78, 5) is 62.0. The first-order chi connectivity index (χ1) is 26.1. The molecule has 11 nitrogen and oxygen atoms in total. The van der Waals surface area contributed by atoms with E-state index in [1.165, 1.54) is 0 Å². The Hall–Kier alpha value is -4.00. The SMILES string of the molecule is C=CCCC(=O)OC[C@H](NC(=O)[C@H]1[C@@H]2O[C@@]3(CC2Br)[C@@H]1C(=O)N(CCCCCCO)[C@@H]3C(=O)N(CC=C)c1ccc(N(CC)CC)cc1)c1ccccc1. The van der Waals surface area contributed by atoms with Crippen LogP contribution in [0.15, 0.2) is 79.9 Å². The molecule has 3 aliphatic rings. The number of carbonyl (C=O) groups is 4. The highest BCUT2D eigenvalue weighted by atomic mass is 79.9. The monoisotopic (exact) mass is 806 g/mol. The highest BCUT2D eigenvalue weighted by Gasteiger charge is 2.76. The number of unbranched alkanes of at least 4 members (excludes halogenated alkanes) is 3. The van der Waals surface area contributed by atoms with E-state index in [1.54, 1.807) is 22.0 Å². The van der Waals surface area contributed by atoms with Crippen LogP contribution in [-0.4, -0.2) is 95.7 Å². The van der Waals surface area contributed by atoms with E-state index in [0.717, 1.165) is 37.2 Å². The lowest BCUT2D eigenvalue weighted by molar-refractivity contribution is -0.145. The van der Waals surface area contributed by atoms with Gasteiger partial charge < -0.3 is 34.6 Å². The Bertz CT molecular complexity index is 1620. The van der Waals surface area contributed by atoms with Crippen LogP contribution < -0.4 is 15.1 Å². The van der Waals surface area contributed by atoms with Crippen molar-refractivity contribution in [2.24, 2.45) is 11.8 Å². The maximum Gasteiger partial charge on any atom is 0.306 e. The summed E-state index contributed by atoms with van der Waals surface area (Å²) < 4.78 is 12.4. The van der Waals surface area contributed by atoms with Crippen LogP contribution in [0.1, 0.15) is 70.4 Å². The van der Waals surface area contributed by atoms with Gasteiger partial charge in [0.25, 0.3) is 5.91 Å². The first kappa shape index (κ1) is 41.2. The zero-order valence-electron chi connectivity index (χ0n) is 31.5. The third kappa shape index (κ3) is 8.61. The number of carbonyl (C=O) groups excluding carboxylic acids is 4. The summed E-state index contributed by atoms with van der Waals surface area (Å²) in [7, 11) is 0. The van der Waals surface area contributed by atoms with Gasteiger partial charge in [-0.25, -0.2) is 0 Å². The molecule has 2 bridgehead atoms. The summed E-state index contributed by atoms with van der Waals surface area (Å²) in [5.74, 6) is -3.15. The minimum absolute atomic E-state index is 0.0872. The van der Waals surface area contributed by atoms with E-state index in [4.69, 9.17) is 9.47 Å². The van der Waals surface area contributed by atoms with E-state index >= 15 is 4.79 Å². The molecule has 2 aromatic rings. The van der Waals surface area contributed by atoms with E-state index in [0.29, 0.717) is 37.9 Å². The Morgan fingerprint density at radius 1 is 1.04 bits per heavy atom. The van der Waals surface area contributed by atoms with Crippen LogP contribution in [0.3, 0.4) is 0 Å². The number of halogens is 1. The molecule has 1 spiro atoms. The Kier molecular flexibility index (Phi) is 14.5. The topological polar surface area (TPSA) is 129 Å². The molecule has 3 saturated heterocycles. The average Bonchev–Trinajstić information content (AvgIpc) is 3.78. The Labute approximate surface area is 327 Å². The van der Waals surface area contributed by atoms with E-state index in [2.05, 4.69) is 53.2 Å². The zero-order chi connectivity index (χ0) is 38.8. The smallest absolute Gasteiger partial charge is 0.306 e. The molecule has 0 saturated carbocycles. The number of anilines is 2. The molecule has 2 N–H and O–H groups in total. The number of hydrogen-bond donors (Lipinski definition) is 2. The number of hydrogen-bond acceptors (Lipinski definition) is 8. The maximum atomic E-state index is 15.0. The van der Waals surface area contributed by atoms with Gasteiger partial charge in [0.05, 0.1) is 24.0 Å². The van der Waals surface area contributed by atoms with Gasteiger partial charge in [0, 0.05) is 55.4 Å². The van der Waals surface area contributed by atoms with Crippen molar-refractivity contribution in [3.05, 3.63) is 85.5 Å². The predicted molar refractivity (Wildman–Crippen MR) is 213 cm³/mol. The molecule has 12 heteroatoms. The van der Waals surface area contributed by atoms with E-state index < -0.39 is 47.5 Å². The van der Waals surface area contributed by atoms with Gasteiger partial charge in [-0.1, -0.05) is 71.3 Å². The fourth-order valence-corrected chi connectivity index (χ4v) is 9.31. The number of benzene rings is 2. The third-order valence-electron chi connectivity index (χ3n) is 11.0. The number of fused-ring (bicyclic) bond motifs is 1. The summed E-state index contributed by atoms with van der Waals surface area (Å²) in [5.41, 5.74) is 1.22. The molecular weight excluding hydrogens is 752 g/mol. The van der Waals surface area contributed by atoms with Crippen molar-refractivity contribution in [1.82, 2.24) is 10.2 Å². The van der Waals surface area contributed by atoms with Crippen LogP contribution in [0.2, 0.25) is 0 Å². The summed E-state index contributed by atoms with van der Waals surface area (Å²) in [6, 6.07) is 15.5. The van der Waals surface area contributed by atoms with E-state index in [9.17, 15) is 19.5 Å². The van der Waals surface area contributed by atoms with E-state index in [1.807, 2.05) is 54.6 Å². The second kappa shape index (κ2) is 19.0. The quantitative estimate of drug-likeness (QED) is 0.0710. The van der Waals surface area contributed by atoms with Crippen molar-refractivity contribution in [2.45, 2.75) is 87.4 Å². The van der Waals surface area contributed by atoms with Crippen LogP contribution in [-0.2, 0) is 28.7 Å². The van der Waals surface area contributed by atoms with Gasteiger partial charge in [-0.05, 0) is 69.4 Å². The van der Waals surface area contributed by atoms with Crippen LogP contribution in [0.25, 0.3) is 0 Å². The molecule has 3 fully saturated rings. The highest BCUT2D eigenvalue weighted by molar-refractivity contribution is 9.09. The normalized spacial score (nSPS) is 24.5. The van der Waals surface area contributed by atoms with Crippen molar-refractivity contribution in [3.63, 3.8) is 0 Å². The molecule has 7 atom stereocenters. The second-order valence-electron chi connectivity index (χ2n) is 14.2. The van der Waals surface area contributed by atoms with Crippen molar-refractivity contribution in [1.29, 1.82) is 0 Å². The van der Waals surface area contributed by atoms with Crippen LogP contribution in [0, 0.1) is 11.8 Å². The lowest BCUT2D eigenvalue weighted by atomic mass is 9.70. The molecule has 2 aromatic carbocycles. The lowest BCUT2D eigenvalue weighted by Gasteiger charge is -2.37. The number of aliphatic hydroxyl groups excluding tert-OH is 1. The van der Waals surface area contributed by atoms with Crippen LogP contribution >= 0.6 is 15.9 Å². The van der Waals surface area contributed by atoms with E-state index in [-0.39, 0.29) is 42.8 Å². The fraction of sp³-hybridized carbons (Fsp3) is 0.524. The molecule has 0 radical (unpaired) electrons. The molecule has 3 amide bonds. The van der Waals surface area contributed by atoms with Crippen molar-refractivity contribution in [3.8, 4) is 0 Å². The summed E-state index contributed by atoms with van der Waals surface area (Å²) >= 11 is 3.78. The molecule has 5 rings (SSSR count). The second-order valence-corrected chi connectivity index (χ2v) is 15.4. The highest BCUT2D eigenvalue weighted by Crippen LogP contribution is 2.60. The molecule has 0 aromatic heterocycles. The number of allylic oxidation sites excluding steroid dienone is 1. The number of ether oxygens (including phenoxy) is 2. The molecule has 3 heterocycles. The molecule has 54 heavy (non-hydrogen) atoms. The number of nitrogens with zero attached hydrogens (tertiary/aromatic N) is 3. The van der Waals surface area contributed by atoms with Gasteiger partial charge in [-0.2, -0.15) is 0 Å². The van der Waals surface area contributed by atoms with Crippen molar-refractivity contribution < 1.29 is 33.8 Å². The molecule has 1 unspecified atom stereocenters. The molecule has 292 valence electrons. The number of alkyl halides is 1. The Morgan fingerprint density at radius 3 is 2.37 bits per heavy atom. The number of aliphatic hydroxyl groups is 1. The molecule has 3 aliphatic heterocycles. The van der Waals surface area contributed by atoms with Gasteiger partial charge in [0.2, 0.25) is 11.8 Å². The minimum Gasteiger partial charge on any atom is -0.463 e. The van der Waals surface area contributed by atoms with Gasteiger partial charge in [0.15, 0.2) is 0 Å². The Balaban J connectivity index is 1.47. The minimum atomic E-state index is -1.25. The predicted octanol–water partition coefficient (Wildman–Crippen LogP) is 5.72. The molecular formula is C42H55BrN4O7. The number of nitrogens with one attached hydrogen (secondary N) is 1. The van der Waals surface area contributed by atoms with Crippen LogP contribution in [0.5, 0.6) is 0 Å². The summed E-state index contributed by atoms with van der Waals surface area (Å²) in [6.45, 7) is 14.0. The average molecular weight is 808 g/mol. The van der Waals surface area contributed by atoms with Gasteiger partial charge in [0.1, 0.15) is 18.2 Å². The number of rotatable bonds is 21. The summed E-state index contributed by atoms with van der Waals surface area (Å²) in [6.07, 6.45) is 6.54. The van der Waals surface area contributed by atoms with Crippen LogP contribution in [0.4, 0.5) is 11.4 Å². The summed E-state index contributed by atoms with van der Waals surface area (Å²) in [5, 5.41) is 12.4. The first-order valence-corrected chi connectivity index (χ1v) is 20.2. The first-order valence-electron chi connectivity index (χ1n) is 19.3. The zero-order valence-corrected chi connectivity index (χ0v) is 33.1. The van der Waals surface area contributed by atoms with Gasteiger partial charge >= 0.3 is 5.97 Å². The standard InChI is InChI=1S/C42H55BrN4O7/c1-5-9-19-34(49)53-28-33(29-17-13-12-14-18-29)44-39(50)35-36-40(51)47(25-15-10-11-16-26-48)38(42(36)27-32(43)37(35)54-42)41(52)46(24-6-2)31-22-20-30(21-23-31)45(7-3)8-4/h5-6,12-14,17-18,20-23,32-33,35-38,48H,1-2,7-11,15-16,19,24-28H2,3-4H3,(H,44,50)/t32?,33-,35+,36-,37+,38+,42-/m0/s1. The third-order valence-corrected chi connectivity index (χ3v) is 11.8. The van der Waals surface area contributed by atoms with Crippen molar-refractivity contribution in [2.75, 3.05) is 49.2 Å². The lowest BCUT2D eigenvalue weighted by Crippen LogP contribution is -2.57. The number of amides is 3. The number of likely N-dealkylation sites (tertiary alicyclic amines) is 1. The maximum absolute atomic E-state index is 15.0. The largest absolute Gasteiger partial charge is 0.463 e. The van der Waals surface area contributed by atoms with Gasteiger partial charge in [-0.3, -0.25) is 19.2 Å². The van der Waals surface area contributed by atoms with Crippen molar-refractivity contribution >= 4 is 51.0 Å².